The summed E-state index contributed by atoms with van der Waals surface area (Å²) in [5.41, 5.74) is 0.883. The summed E-state index contributed by atoms with van der Waals surface area (Å²) in [4.78, 5) is 16.1. The Bertz CT molecular complexity index is 1120. The Morgan fingerprint density at radius 1 is 1.17 bits per heavy atom. The molecule has 1 aromatic heterocycles. The maximum atomic E-state index is 12.7. The monoisotopic (exact) mass is 435 g/mol. The molecule has 0 aliphatic heterocycles. The summed E-state index contributed by atoms with van der Waals surface area (Å²) < 4.78 is 39.4. The van der Waals surface area contributed by atoms with E-state index < -0.39 is 10.0 Å². The molecule has 3 aromatic rings. The number of hydrogen-bond acceptors (Lipinski definition) is 7. The second kappa shape index (κ2) is 8.66. The van der Waals surface area contributed by atoms with Crippen molar-refractivity contribution in [2.45, 2.75) is 25.2 Å². The zero-order chi connectivity index (χ0) is 21.0. The lowest BCUT2D eigenvalue weighted by Gasteiger charge is -2.10. The Morgan fingerprint density at radius 3 is 2.52 bits per heavy atom. The van der Waals surface area contributed by atoms with Crippen molar-refractivity contribution < 1.29 is 22.7 Å². The summed E-state index contributed by atoms with van der Waals surface area (Å²) in [5, 5.41) is 3.13. The standard InChI is InChI=1S/C19H21N3O5S2/c1-4-17(23)20-19-21-18-15(26-3)10-12(11-16(18)28-19)22-29(24,25)14-8-6-13(7-9-14)27-5-2/h6-11,22H,4-5H2,1-3H3,(H,20,21,23). The van der Waals surface area contributed by atoms with Crippen LogP contribution in [0.15, 0.2) is 41.3 Å². The second-order valence-corrected chi connectivity index (χ2v) is 8.67. The van der Waals surface area contributed by atoms with Crippen molar-refractivity contribution in [1.82, 2.24) is 4.98 Å². The van der Waals surface area contributed by atoms with Crippen LogP contribution in [0, 0.1) is 0 Å². The number of aromatic nitrogens is 1. The molecule has 0 saturated heterocycles. The third-order valence-electron chi connectivity index (χ3n) is 3.94. The molecule has 2 aromatic carbocycles. The van der Waals surface area contributed by atoms with E-state index in [4.69, 9.17) is 9.47 Å². The van der Waals surface area contributed by atoms with Crippen molar-refractivity contribution in [1.29, 1.82) is 0 Å². The smallest absolute Gasteiger partial charge is 0.261 e. The highest BCUT2D eigenvalue weighted by molar-refractivity contribution is 7.92. The number of anilines is 2. The minimum atomic E-state index is -3.80. The highest BCUT2D eigenvalue weighted by Gasteiger charge is 2.18. The van der Waals surface area contributed by atoms with Gasteiger partial charge in [-0.05, 0) is 37.3 Å². The van der Waals surface area contributed by atoms with E-state index in [2.05, 4.69) is 15.0 Å². The molecule has 0 fully saturated rings. The quantitative estimate of drug-likeness (QED) is 0.557. The van der Waals surface area contributed by atoms with Crippen LogP contribution in [0.2, 0.25) is 0 Å². The topological polar surface area (TPSA) is 107 Å². The van der Waals surface area contributed by atoms with E-state index in [0.717, 1.165) is 0 Å². The van der Waals surface area contributed by atoms with Crippen molar-refractivity contribution >= 4 is 48.3 Å². The molecule has 154 valence electrons. The highest BCUT2D eigenvalue weighted by atomic mass is 32.2. The van der Waals surface area contributed by atoms with Gasteiger partial charge in [0.1, 0.15) is 17.0 Å². The summed E-state index contributed by atoms with van der Waals surface area (Å²) in [6, 6.07) is 9.38. The van der Waals surface area contributed by atoms with Crippen LogP contribution in [0.3, 0.4) is 0 Å². The van der Waals surface area contributed by atoms with Crippen LogP contribution in [0.25, 0.3) is 10.2 Å². The summed E-state index contributed by atoms with van der Waals surface area (Å²) >= 11 is 1.24. The van der Waals surface area contributed by atoms with Crippen LogP contribution in [-0.4, -0.2) is 33.0 Å². The van der Waals surface area contributed by atoms with Gasteiger partial charge in [0.25, 0.3) is 10.0 Å². The van der Waals surface area contributed by atoms with Crippen LogP contribution in [0.5, 0.6) is 11.5 Å². The van der Waals surface area contributed by atoms with Crippen LogP contribution in [0.1, 0.15) is 20.3 Å². The first-order valence-electron chi connectivity index (χ1n) is 8.90. The van der Waals surface area contributed by atoms with Gasteiger partial charge in [-0.25, -0.2) is 13.4 Å². The Hall–Kier alpha value is -2.85. The molecule has 3 rings (SSSR count). The maximum Gasteiger partial charge on any atom is 0.261 e. The van der Waals surface area contributed by atoms with Crippen LogP contribution < -0.4 is 19.5 Å². The van der Waals surface area contributed by atoms with Gasteiger partial charge in [-0.3, -0.25) is 9.52 Å². The van der Waals surface area contributed by atoms with Crippen molar-refractivity contribution in [2.24, 2.45) is 0 Å². The Kier molecular flexibility index (Phi) is 6.23. The lowest BCUT2D eigenvalue weighted by Crippen LogP contribution is -2.13. The van der Waals surface area contributed by atoms with Gasteiger partial charge in [-0.1, -0.05) is 18.3 Å². The molecule has 1 heterocycles. The van der Waals surface area contributed by atoms with Gasteiger partial charge in [-0.15, -0.1) is 0 Å². The summed E-state index contributed by atoms with van der Waals surface area (Å²) in [5.74, 6) is 0.848. The molecule has 0 unspecified atom stereocenters. The van der Waals surface area contributed by atoms with Gasteiger partial charge < -0.3 is 14.8 Å². The minimum absolute atomic E-state index is 0.111. The number of methoxy groups -OCH3 is 1. The first-order valence-corrected chi connectivity index (χ1v) is 11.2. The van der Waals surface area contributed by atoms with Crippen LogP contribution >= 0.6 is 11.3 Å². The van der Waals surface area contributed by atoms with E-state index in [1.807, 2.05) is 6.92 Å². The average molecular weight is 436 g/mol. The largest absolute Gasteiger partial charge is 0.494 e. The van der Waals surface area contributed by atoms with Crippen molar-refractivity contribution in [3.05, 3.63) is 36.4 Å². The van der Waals surface area contributed by atoms with Crippen LogP contribution in [0.4, 0.5) is 10.8 Å². The summed E-state index contributed by atoms with van der Waals surface area (Å²) in [7, 11) is -2.33. The number of sulfonamides is 1. The highest BCUT2D eigenvalue weighted by Crippen LogP contribution is 2.36. The van der Waals surface area contributed by atoms with Gasteiger partial charge >= 0.3 is 0 Å². The fourth-order valence-electron chi connectivity index (χ4n) is 2.57. The third-order valence-corrected chi connectivity index (χ3v) is 6.26. The molecule has 8 nitrogen and oxygen atoms in total. The number of thiazole rings is 1. The van der Waals surface area contributed by atoms with E-state index in [9.17, 15) is 13.2 Å². The molecule has 2 N–H and O–H groups in total. The molecule has 0 spiro atoms. The van der Waals surface area contributed by atoms with Gasteiger partial charge in [0, 0.05) is 12.5 Å². The van der Waals surface area contributed by atoms with Crippen molar-refractivity contribution in [3.8, 4) is 11.5 Å². The maximum absolute atomic E-state index is 12.7. The number of carbonyl (C=O) groups is 1. The second-order valence-electron chi connectivity index (χ2n) is 5.96. The normalized spacial score (nSPS) is 11.3. The number of ether oxygens (including phenoxy) is 2. The molecule has 1 amide bonds. The van der Waals surface area contributed by atoms with Gasteiger partial charge in [0.2, 0.25) is 5.91 Å². The molecular weight excluding hydrogens is 414 g/mol. The van der Waals surface area contributed by atoms with E-state index in [1.54, 1.807) is 31.2 Å². The SMILES string of the molecule is CCOc1ccc(S(=O)(=O)Nc2cc(OC)c3nc(NC(=O)CC)sc3c2)cc1. The van der Waals surface area contributed by atoms with Crippen molar-refractivity contribution in [3.63, 3.8) is 0 Å². The number of nitrogens with one attached hydrogen (secondary N) is 2. The molecule has 10 heteroatoms. The predicted octanol–water partition coefficient (Wildman–Crippen LogP) is 3.85. The number of hydrogen-bond donors (Lipinski definition) is 2. The lowest BCUT2D eigenvalue weighted by molar-refractivity contribution is -0.115. The molecule has 0 radical (unpaired) electrons. The van der Waals surface area contributed by atoms with Crippen molar-refractivity contribution in [2.75, 3.05) is 23.8 Å². The molecule has 0 bridgehead atoms. The number of carbonyl (C=O) groups excluding carboxylic acids is 1. The number of amides is 1. The fraction of sp³-hybridized carbons (Fsp3) is 0.263. The molecule has 29 heavy (non-hydrogen) atoms. The van der Waals surface area contributed by atoms with E-state index in [1.165, 1.54) is 30.6 Å². The van der Waals surface area contributed by atoms with Crippen LogP contribution in [-0.2, 0) is 14.8 Å². The first-order chi connectivity index (χ1) is 13.9. The molecule has 0 saturated carbocycles. The van der Waals surface area contributed by atoms with Gasteiger partial charge in [0.15, 0.2) is 5.13 Å². The minimum Gasteiger partial charge on any atom is -0.494 e. The summed E-state index contributed by atoms with van der Waals surface area (Å²) in [6.45, 7) is 4.10. The number of rotatable bonds is 8. The zero-order valence-electron chi connectivity index (χ0n) is 16.2. The molecule has 0 aliphatic rings. The lowest BCUT2D eigenvalue weighted by atomic mass is 10.3. The van der Waals surface area contributed by atoms with Gasteiger partial charge in [-0.2, -0.15) is 0 Å². The molecular formula is C19H21N3O5S2. The number of nitrogens with zero attached hydrogens (tertiary/aromatic N) is 1. The average Bonchev–Trinajstić information content (AvgIpc) is 3.09. The Labute approximate surface area is 172 Å². The fourth-order valence-corrected chi connectivity index (χ4v) is 4.55. The van der Waals surface area contributed by atoms with E-state index >= 15 is 0 Å². The molecule has 0 atom stereocenters. The third kappa shape index (κ3) is 4.77. The van der Waals surface area contributed by atoms with Gasteiger partial charge in [0.05, 0.1) is 29.0 Å². The first kappa shape index (κ1) is 20.9. The number of fused-ring (bicyclic) bond motifs is 1. The molecule has 0 aliphatic carbocycles. The predicted molar refractivity (Wildman–Crippen MR) is 114 cm³/mol. The summed E-state index contributed by atoms with van der Waals surface area (Å²) in [6.07, 6.45) is 0.334. The van der Waals surface area contributed by atoms with E-state index in [0.29, 0.717) is 45.6 Å². The Morgan fingerprint density at radius 2 is 1.90 bits per heavy atom. The Balaban J connectivity index is 1.91. The van der Waals surface area contributed by atoms with E-state index in [-0.39, 0.29) is 10.8 Å². The number of benzene rings is 2. The zero-order valence-corrected chi connectivity index (χ0v) is 17.8.